The third-order valence-corrected chi connectivity index (χ3v) is 4.24. The van der Waals surface area contributed by atoms with Gasteiger partial charge in [-0.25, -0.2) is 0 Å². The molecule has 112 valence electrons. The van der Waals surface area contributed by atoms with E-state index in [2.05, 4.69) is 36.4 Å². The van der Waals surface area contributed by atoms with E-state index in [9.17, 15) is 9.59 Å². The van der Waals surface area contributed by atoms with E-state index in [1.165, 1.54) is 0 Å². The van der Waals surface area contributed by atoms with E-state index in [0.29, 0.717) is 5.92 Å². The van der Waals surface area contributed by atoms with Gasteiger partial charge in [0.25, 0.3) is 0 Å². The fraction of sp³-hybridized carbons (Fsp3) is 0.857. The topological polar surface area (TPSA) is 52.6 Å². The van der Waals surface area contributed by atoms with E-state index in [4.69, 9.17) is 9.47 Å². The molecule has 0 aliphatic carbocycles. The Labute approximate surface area is 129 Å². The van der Waals surface area contributed by atoms with Crippen LogP contribution in [-0.2, 0) is 19.1 Å². The Balaban J connectivity index is 4.21. The summed E-state index contributed by atoms with van der Waals surface area (Å²) < 4.78 is 11.1. The molecule has 0 spiro atoms. The summed E-state index contributed by atoms with van der Waals surface area (Å²) in [6.45, 7) is 6.22. The number of unbranched alkanes of at least 4 members (excludes halogenated alkanes) is 2. The molecule has 0 aromatic carbocycles. The third-order valence-electron chi connectivity index (χ3n) is 2.85. The Morgan fingerprint density at radius 3 is 2.37 bits per heavy atom. The van der Waals surface area contributed by atoms with Crippen molar-refractivity contribution in [1.82, 2.24) is 0 Å². The minimum atomic E-state index is -0.512. The van der Waals surface area contributed by atoms with Gasteiger partial charge in [0.2, 0.25) is 0 Å². The molecule has 0 fully saturated rings. The number of esters is 2. The Kier molecular flexibility index (Phi) is 11.3. The second-order valence-electron chi connectivity index (χ2n) is 4.64. The van der Waals surface area contributed by atoms with Gasteiger partial charge in [0, 0.05) is 10.3 Å². The standard InChI is InChI=1S/C14H25IO4/c1-4-6-7-8-12(11(3)10-15)19-14(17)9-13(16)18-5-2/h11-12H,4-10H2,1-3H3/t11-,12-/m0/s1. The Bertz CT molecular complexity index is 268. The number of halogens is 1. The van der Waals surface area contributed by atoms with Crippen molar-refractivity contribution < 1.29 is 19.1 Å². The number of carbonyl (C=O) groups excluding carboxylic acids is 2. The number of carbonyl (C=O) groups is 2. The second kappa shape index (κ2) is 11.5. The first-order chi connectivity index (χ1) is 9.04. The first-order valence-corrected chi connectivity index (χ1v) is 8.48. The SMILES string of the molecule is CCCCC[C@H](OC(=O)CC(=O)OCC)[C@@H](C)CI. The lowest BCUT2D eigenvalue weighted by Gasteiger charge is -2.22. The largest absolute Gasteiger partial charge is 0.466 e. The van der Waals surface area contributed by atoms with Crippen LogP contribution in [0.2, 0.25) is 0 Å². The van der Waals surface area contributed by atoms with Gasteiger partial charge in [0.05, 0.1) is 6.61 Å². The molecule has 0 saturated carbocycles. The van der Waals surface area contributed by atoms with Gasteiger partial charge in [-0.1, -0.05) is 49.3 Å². The maximum atomic E-state index is 11.7. The summed E-state index contributed by atoms with van der Waals surface area (Å²) in [5.74, 6) is -0.679. The summed E-state index contributed by atoms with van der Waals surface area (Å²) in [5.41, 5.74) is 0. The molecule has 5 heteroatoms. The summed E-state index contributed by atoms with van der Waals surface area (Å²) in [6, 6.07) is 0. The first-order valence-electron chi connectivity index (χ1n) is 6.96. The van der Waals surface area contributed by atoms with Gasteiger partial charge >= 0.3 is 11.9 Å². The van der Waals surface area contributed by atoms with Crippen molar-refractivity contribution >= 4 is 34.5 Å². The van der Waals surface area contributed by atoms with Gasteiger partial charge in [-0.05, 0) is 19.8 Å². The average Bonchev–Trinajstić information content (AvgIpc) is 2.37. The van der Waals surface area contributed by atoms with E-state index in [-0.39, 0.29) is 19.1 Å². The molecule has 0 radical (unpaired) electrons. The highest BCUT2D eigenvalue weighted by molar-refractivity contribution is 14.1. The van der Waals surface area contributed by atoms with Crippen LogP contribution in [0.3, 0.4) is 0 Å². The molecule has 0 unspecified atom stereocenters. The molecule has 0 bridgehead atoms. The molecule has 0 aromatic rings. The van der Waals surface area contributed by atoms with Crippen molar-refractivity contribution in [3.63, 3.8) is 0 Å². The van der Waals surface area contributed by atoms with Crippen LogP contribution in [-0.4, -0.2) is 29.1 Å². The predicted molar refractivity (Wildman–Crippen MR) is 83.3 cm³/mol. The molecule has 0 aliphatic rings. The Morgan fingerprint density at radius 2 is 1.84 bits per heavy atom. The van der Waals surface area contributed by atoms with Crippen LogP contribution in [0.4, 0.5) is 0 Å². The monoisotopic (exact) mass is 384 g/mol. The van der Waals surface area contributed by atoms with Gasteiger partial charge in [-0.15, -0.1) is 0 Å². The zero-order valence-corrected chi connectivity index (χ0v) is 14.3. The van der Waals surface area contributed by atoms with E-state index in [1.807, 2.05) is 0 Å². The van der Waals surface area contributed by atoms with E-state index in [1.54, 1.807) is 6.92 Å². The number of alkyl halides is 1. The van der Waals surface area contributed by atoms with E-state index < -0.39 is 11.9 Å². The van der Waals surface area contributed by atoms with Crippen LogP contribution in [0, 0.1) is 5.92 Å². The van der Waals surface area contributed by atoms with Crippen LogP contribution in [0.15, 0.2) is 0 Å². The van der Waals surface area contributed by atoms with Gasteiger partial charge in [-0.3, -0.25) is 9.59 Å². The molecule has 2 atom stereocenters. The smallest absolute Gasteiger partial charge is 0.317 e. The highest BCUT2D eigenvalue weighted by Gasteiger charge is 2.22. The predicted octanol–water partition coefficient (Wildman–Crippen LogP) is 3.50. The van der Waals surface area contributed by atoms with E-state index in [0.717, 1.165) is 30.1 Å². The molecular weight excluding hydrogens is 359 g/mol. The zero-order valence-electron chi connectivity index (χ0n) is 12.1. The van der Waals surface area contributed by atoms with Crippen molar-refractivity contribution in [3.05, 3.63) is 0 Å². The maximum Gasteiger partial charge on any atom is 0.317 e. The Morgan fingerprint density at radius 1 is 1.16 bits per heavy atom. The molecule has 0 amide bonds. The van der Waals surface area contributed by atoms with Crippen molar-refractivity contribution in [2.45, 2.75) is 59.0 Å². The number of hydrogen-bond acceptors (Lipinski definition) is 4. The number of ether oxygens (including phenoxy) is 2. The van der Waals surface area contributed by atoms with Crippen LogP contribution in [0.25, 0.3) is 0 Å². The van der Waals surface area contributed by atoms with Crippen LogP contribution >= 0.6 is 22.6 Å². The Hall–Kier alpha value is -0.330. The highest BCUT2D eigenvalue weighted by Crippen LogP contribution is 2.18. The summed E-state index contributed by atoms with van der Waals surface area (Å²) in [7, 11) is 0. The van der Waals surface area contributed by atoms with Crippen molar-refractivity contribution in [2.24, 2.45) is 5.92 Å². The lowest BCUT2D eigenvalue weighted by atomic mass is 10.0. The first kappa shape index (κ1) is 18.7. The molecule has 0 N–H and O–H groups in total. The number of rotatable bonds is 10. The van der Waals surface area contributed by atoms with Crippen LogP contribution in [0.5, 0.6) is 0 Å². The lowest BCUT2D eigenvalue weighted by molar-refractivity contribution is -0.159. The van der Waals surface area contributed by atoms with Gasteiger partial charge in [0.15, 0.2) is 0 Å². The minimum absolute atomic E-state index is 0.0922. The average molecular weight is 384 g/mol. The van der Waals surface area contributed by atoms with Crippen molar-refractivity contribution in [2.75, 3.05) is 11.0 Å². The lowest BCUT2D eigenvalue weighted by Crippen LogP contribution is -2.27. The van der Waals surface area contributed by atoms with Gasteiger partial charge < -0.3 is 9.47 Å². The maximum absolute atomic E-state index is 11.7. The molecule has 0 heterocycles. The van der Waals surface area contributed by atoms with Crippen LogP contribution < -0.4 is 0 Å². The third kappa shape index (κ3) is 9.24. The van der Waals surface area contributed by atoms with Gasteiger partial charge in [0.1, 0.15) is 12.5 Å². The fourth-order valence-corrected chi connectivity index (χ4v) is 2.26. The van der Waals surface area contributed by atoms with Crippen LogP contribution in [0.1, 0.15) is 52.9 Å². The fourth-order valence-electron chi connectivity index (χ4n) is 1.69. The zero-order chi connectivity index (χ0) is 14.7. The molecular formula is C14H25IO4. The summed E-state index contributed by atoms with van der Waals surface area (Å²) in [5, 5.41) is 0. The highest BCUT2D eigenvalue weighted by atomic mass is 127. The molecule has 19 heavy (non-hydrogen) atoms. The normalized spacial score (nSPS) is 13.7. The molecule has 0 aliphatic heterocycles. The quantitative estimate of drug-likeness (QED) is 0.190. The molecule has 0 aromatic heterocycles. The molecule has 4 nitrogen and oxygen atoms in total. The second-order valence-corrected chi connectivity index (χ2v) is 5.52. The van der Waals surface area contributed by atoms with Crippen molar-refractivity contribution in [1.29, 1.82) is 0 Å². The summed E-state index contributed by atoms with van der Waals surface area (Å²) >= 11 is 2.29. The van der Waals surface area contributed by atoms with E-state index >= 15 is 0 Å². The van der Waals surface area contributed by atoms with Gasteiger partial charge in [-0.2, -0.15) is 0 Å². The minimum Gasteiger partial charge on any atom is -0.466 e. The number of hydrogen-bond donors (Lipinski definition) is 0. The molecule has 0 rings (SSSR count). The van der Waals surface area contributed by atoms with Crippen molar-refractivity contribution in [3.8, 4) is 0 Å². The summed E-state index contributed by atoms with van der Waals surface area (Å²) in [6.07, 6.45) is 3.82. The molecule has 0 saturated heterocycles. The summed E-state index contributed by atoms with van der Waals surface area (Å²) in [4.78, 5) is 22.9.